The van der Waals surface area contributed by atoms with Crippen LogP contribution in [0.15, 0.2) is 27.4 Å². The minimum absolute atomic E-state index is 0.0389. The Bertz CT molecular complexity index is 951. The van der Waals surface area contributed by atoms with Crippen LogP contribution in [0.25, 0.3) is 11.1 Å². The molecule has 4 rings (SSSR count). The number of aromatic nitrogens is 1. The number of amides is 3. The number of piperidine rings is 1. The van der Waals surface area contributed by atoms with Gasteiger partial charge in [0, 0.05) is 31.6 Å². The molecule has 1 aromatic heterocycles. The van der Waals surface area contributed by atoms with Crippen LogP contribution in [0.4, 0.5) is 4.79 Å². The van der Waals surface area contributed by atoms with Gasteiger partial charge in [0.1, 0.15) is 5.54 Å². The highest BCUT2D eigenvalue weighted by Crippen LogP contribution is 2.25. The van der Waals surface area contributed by atoms with Crippen molar-refractivity contribution in [2.75, 3.05) is 19.6 Å². The number of H-pyrrole nitrogens is 1. The Balaban J connectivity index is 1.34. The number of ketones is 1. The van der Waals surface area contributed by atoms with Crippen LogP contribution in [0.3, 0.4) is 0 Å². The summed E-state index contributed by atoms with van der Waals surface area (Å²) in [7, 11) is 0. The molecule has 0 aliphatic carbocycles. The van der Waals surface area contributed by atoms with Crippen LogP contribution in [0.5, 0.6) is 0 Å². The molecule has 9 nitrogen and oxygen atoms in total. The minimum atomic E-state index is -0.797. The number of Topliss-reactive ketones (excluding diaryl/α,β-unsaturated/α-hetero) is 1. The van der Waals surface area contributed by atoms with Crippen molar-refractivity contribution >= 4 is 28.8 Å². The van der Waals surface area contributed by atoms with E-state index in [1.54, 1.807) is 18.2 Å². The van der Waals surface area contributed by atoms with Crippen LogP contribution in [0.1, 0.15) is 29.6 Å². The molecule has 0 saturated carbocycles. The van der Waals surface area contributed by atoms with Crippen LogP contribution in [-0.4, -0.2) is 52.8 Å². The number of urea groups is 1. The lowest BCUT2D eigenvalue weighted by atomic mass is 9.87. The summed E-state index contributed by atoms with van der Waals surface area (Å²) in [4.78, 5) is 51.5. The summed E-state index contributed by atoms with van der Waals surface area (Å²) in [6.07, 6.45) is 1.38. The van der Waals surface area contributed by atoms with E-state index >= 15 is 0 Å². The lowest BCUT2D eigenvalue weighted by molar-refractivity contribution is -0.125. The fourth-order valence-corrected chi connectivity index (χ4v) is 3.56. The van der Waals surface area contributed by atoms with Crippen molar-refractivity contribution in [3.05, 3.63) is 34.3 Å². The van der Waals surface area contributed by atoms with Crippen molar-refractivity contribution in [2.45, 2.75) is 24.8 Å². The fraction of sp³-hybridized carbons (Fsp3) is 0.412. The molecule has 2 saturated heterocycles. The first kappa shape index (κ1) is 16.5. The predicted octanol–water partition coefficient (Wildman–Crippen LogP) is 0.368. The Labute approximate surface area is 147 Å². The number of aromatic amines is 1. The lowest BCUT2D eigenvalue weighted by Gasteiger charge is -2.36. The molecule has 0 unspecified atom stereocenters. The van der Waals surface area contributed by atoms with Gasteiger partial charge >= 0.3 is 11.8 Å². The van der Waals surface area contributed by atoms with Crippen molar-refractivity contribution in [2.24, 2.45) is 0 Å². The molecule has 3 N–H and O–H groups in total. The summed E-state index contributed by atoms with van der Waals surface area (Å²) < 4.78 is 4.98. The van der Waals surface area contributed by atoms with E-state index in [9.17, 15) is 19.2 Å². The maximum absolute atomic E-state index is 12.4. The first-order valence-corrected chi connectivity index (χ1v) is 8.47. The quantitative estimate of drug-likeness (QED) is 0.536. The van der Waals surface area contributed by atoms with Crippen LogP contribution in [0.2, 0.25) is 0 Å². The second-order valence-corrected chi connectivity index (χ2v) is 6.73. The second-order valence-electron chi connectivity index (χ2n) is 6.73. The standard InChI is InChI=1S/C17H18N4O5/c22-12(10-1-2-11-13(9-10)26-16(25)18-11)3-6-21-7-4-17(5-8-21)14(23)19-15(24)20-17/h1-2,9H,3-8H2,(H,18,25)(H2,19,20,23,24). The summed E-state index contributed by atoms with van der Waals surface area (Å²) in [6.45, 7) is 1.83. The monoisotopic (exact) mass is 358 g/mol. The second kappa shape index (κ2) is 6.10. The number of carbonyl (C=O) groups excluding carboxylic acids is 3. The molecule has 0 bridgehead atoms. The molecule has 2 aromatic rings. The van der Waals surface area contributed by atoms with Gasteiger partial charge in [0.2, 0.25) is 0 Å². The molecule has 0 radical (unpaired) electrons. The number of imide groups is 1. The number of hydrogen-bond acceptors (Lipinski definition) is 6. The van der Waals surface area contributed by atoms with Crippen LogP contribution < -0.4 is 16.4 Å². The zero-order chi connectivity index (χ0) is 18.3. The molecule has 2 fully saturated rings. The van der Waals surface area contributed by atoms with Gasteiger partial charge in [0.05, 0.1) is 5.52 Å². The number of rotatable bonds is 4. The third kappa shape index (κ3) is 2.90. The first-order valence-electron chi connectivity index (χ1n) is 8.47. The minimum Gasteiger partial charge on any atom is -0.408 e. The van der Waals surface area contributed by atoms with E-state index in [4.69, 9.17) is 4.42 Å². The van der Waals surface area contributed by atoms with Crippen LogP contribution in [-0.2, 0) is 4.79 Å². The van der Waals surface area contributed by atoms with Gasteiger partial charge in [-0.15, -0.1) is 0 Å². The van der Waals surface area contributed by atoms with Gasteiger partial charge in [-0.3, -0.25) is 19.9 Å². The SMILES string of the molecule is O=C1NC(=O)C2(CCN(CCC(=O)c3ccc4[nH]c(=O)oc4c3)CC2)N1. The predicted molar refractivity (Wildman–Crippen MR) is 90.9 cm³/mol. The van der Waals surface area contributed by atoms with Gasteiger partial charge in [-0.1, -0.05) is 0 Å². The molecule has 1 spiro atoms. The highest BCUT2D eigenvalue weighted by Gasteiger charge is 2.47. The molecule has 9 heteroatoms. The Morgan fingerprint density at radius 2 is 1.96 bits per heavy atom. The average molecular weight is 358 g/mol. The zero-order valence-corrected chi connectivity index (χ0v) is 14.0. The summed E-state index contributed by atoms with van der Waals surface area (Å²) in [5.41, 5.74) is 0.624. The molecular weight excluding hydrogens is 340 g/mol. The van der Waals surface area contributed by atoms with Crippen molar-refractivity contribution in [3.8, 4) is 0 Å². The largest absolute Gasteiger partial charge is 0.417 e. The number of fused-ring (bicyclic) bond motifs is 1. The maximum atomic E-state index is 12.4. The molecule has 136 valence electrons. The molecule has 2 aliphatic rings. The summed E-state index contributed by atoms with van der Waals surface area (Å²) in [6, 6.07) is 4.45. The van der Waals surface area contributed by atoms with Gasteiger partial charge in [0.25, 0.3) is 5.91 Å². The first-order chi connectivity index (χ1) is 12.4. The van der Waals surface area contributed by atoms with Gasteiger partial charge in [-0.05, 0) is 31.0 Å². The molecule has 26 heavy (non-hydrogen) atoms. The third-order valence-electron chi connectivity index (χ3n) is 5.12. The summed E-state index contributed by atoms with van der Waals surface area (Å²) in [5, 5.41) is 5.00. The van der Waals surface area contributed by atoms with Gasteiger partial charge < -0.3 is 14.6 Å². The molecule has 0 atom stereocenters. The topological polar surface area (TPSA) is 125 Å². The Hall–Kier alpha value is -2.94. The number of hydrogen-bond donors (Lipinski definition) is 3. The Morgan fingerprint density at radius 3 is 2.65 bits per heavy atom. The number of nitrogens with one attached hydrogen (secondary N) is 3. The van der Waals surface area contributed by atoms with Crippen LogP contribution in [0, 0.1) is 0 Å². The molecule has 1 aromatic carbocycles. The van der Waals surface area contributed by atoms with Crippen LogP contribution >= 0.6 is 0 Å². The van der Waals surface area contributed by atoms with E-state index < -0.39 is 17.3 Å². The van der Waals surface area contributed by atoms with E-state index in [1.807, 2.05) is 0 Å². The Morgan fingerprint density at radius 1 is 1.19 bits per heavy atom. The number of benzene rings is 1. The van der Waals surface area contributed by atoms with E-state index in [0.717, 1.165) is 0 Å². The molecule has 2 aliphatic heterocycles. The zero-order valence-electron chi connectivity index (χ0n) is 14.0. The maximum Gasteiger partial charge on any atom is 0.417 e. The van der Waals surface area contributed by atoms with Gasteiger partial charge in [-0.25, -0.2) is 9.59 Å². The number of likely N-dealkylation sites (tertiary alicyclic amines) is 1. The Kier molecular flexibility index (Phi) is 3.87. The van der Waals surface area contributed by atoms with E-state index in [2.05, 4.69) is 20.5 Å². The normalized spacial score (nSPS) is 19.7. The van der Waals surface area contributed by atoms with Gasteiger partial charge in [0.15, 0.2) is 11.4 Å². The summed E-state index contributed by atoms with van der Waals surface area (Å²) in [5.74, 6) is -0.850. The summed E-state index contributed by atoms with van der Waals surface area (Å²) >= 11 is 0. The van der Waals surface area contributed by atoms with Gasteiger partial charge in [-0.2, -0.15) is 0 Å². The molecular formula is C17H18N4O5. The van der Waals surface area contributed by atoms with Crippen molar-refractivity contribution in [1.29, 1.82) is 0 Å². The smallest absolute Gasteiger partial charge is 0.408 e. The van der Waals surface area contributed by atoms with Crippen molar-refractivity contribution < 1.29 is 18.8 Å². The third-order valence-corrected chi connectivity index (χ3v) is 5.12. The van der Waals surface area contributed by atoms with Crippen molar-refractivity contribution in [1.82, 2.24) is 20.5 Å². The average Bonchev–Trinajstić information content (AvgIpc) is 3.11. The lowest BCUT2D eigenvalue weighted by Crippen LogP contribution is -2.54. The highest BCUT2D eigenvalue weighted by molar-refractivity contribution is 6.07. The van der Waals surface area contributed by atoms with Crippen molar-refractivity contribution in [3.63, 3.8) is 0 Å². The van der Waals surface area contributed by atoms with E-state index in [0.29, 0.717) is 55.6 Å². The molecule has 3 amide bonds. The fourth-order valence-electron chi connectivity index (χ4n) is 3.56. The number of oxazole rings is 1. The molecule has 3 heterocycles. The highest BCUT2D eigenvalue weighted by atomic mass is 16.4. The number of nitrogens with zero attached hydrogens (tertiary/aromatic N) is 1. The number of carbonyl (C=O) groups is 3. The van der Waals surface area contributed by atoms with E-state index in [1.165, 1.54) is 0 Å². The van der Waals surface area contributed by atoms with E-state index in [-0.39, 0.29) is 11.7 Å².